The Kier molecular flexibility index (Phi) is 7.17. The zero-order valence-corrected chi connectivity index (χ0v) is 13.2. The van der Waals surface area contributed by atoms with Gasteiger partial charge in [0, 0.05) is 12.6 Å². The second-order valence-electron chi connectivity index (χ2n) is 5.96. The maximum Gasteiger partial charge on any atom is 0.118 e. The predicted octanol–water partition coefficient (Wildman–Crippen LogP) is 3.65. The Labute approximate surface area is 118 Å². The largest absolute Gasteiger partial charge is 0.463 e. The van der Waals surface area contributed by atoms with Crippen molar-refractivity contribution in [1.29, 1.82) is 0 Å². The van der Waals surface area contributed by atoms with E-state index in [1.54, 1.807) is 0 Å². The normalized spacial score (nSPS) is 12.0. The molecule has 0 aromatic carbocycles. The molecular formula is C16H30N2O. The van der Waals surface area contributed by atoms with Crippen LogP contribution >= 0.6 is 0 Å². The van der Waals surface area contributed by atoms with Crippen molar-refractivity contribution in [2.45, 2.75) is 60.2 Å². The predicted molar refractivity (Wildman–Crippen MR) is 81.1 cm³/mol. The van der Waals surface area contributed by atoms with Crippen molar-refractivity contribution in [2.24, 2.45) is 5.92 Å². The summed E-state index contributed by atoms with van der Waals surface area (Å²) < 4.78 is 5.89. The van der Waals surface area contributed by atoms with E-state index in [1.807, 2.05) is 0 Å². The highest BCUT2D eigenvalue weighted by Crippen LogP contribution is 2.14. The highest BCUT2D eigenvalue weighted by Gasteiger charge is 2.13. The summed E-state index contributed by atoms with van der Waals surface area (Å²) in [5.41, 5.74) is 0. The molecule has 0 unspecified atom stereocenters. The minimum Gasteiger partial charge on any atom is -0.463 e. The first-order chi connectivity index (χ1) is 9.02. The molecule has 1 aromatic heterocycles. The molecule has 0 fully saturated rings. The second kappa shape index (κ2) is 8.39. The molecule has 0 spiro atoms. The van der Waals surface area contributed by atoms with Crippen LogP contribution < -0.4 is 5.32 Å². The fourth-order valence-corrected chi connectivity index (χ4v) is 2.12. The lowest BCUT2D eigenvalue weighted by Gasteiger charge is -2.27. The zero-order chi connectivity index (χ0) is 14.3. The molecular weight excluding hydrogens is 236 g/mol. The zero-order valence-electron chi connectivity index (χ0n) is 13.2. The van der Waals surface area contributed by atoms with Crippen molar-refractivity contribution >= 4 is 0 Å². The van der Waals surface area contributed by atoms with Gasteiger partial charge in [-0.05, 0) is 44.9 Å². The lowest BCUT2D eigenvalue weighted by molar-refractivity contribution is 0.174. The van der Waals surface area contributed by atoms with Gasteiger partial charge in [-0.15, -0.1) is 0 Å². The molecule has 3 nitrogen and oxygen atoms in total. The van der Waals surface area contributed by atoms with E-state index >= 15 is 0 Å². The summed E-state index contributed by atoms with van der Waals surface area (Å²) in [7, 11) is 0. The molecule has 0 radical (unpaired) electrons. The summed E-state index contributed by atoms with van der Waals surface area (Å²) in [4.78, 5) is 2.47. The summed E-state index contributed by atoms with van der Waals surface area (Å²) in [6, 6.07) is 4.75. The van der Waals surface area contributed by atoms with Gasteiger partial charge >= 0.3 is 0 Å². The lowest BCUT2D eigenvalue weighted by Crippen LogP contribution is -2.33. The van der Waals surface area contributed by atoms with Crippen LogP contribution in [0, 0.1) is 5.92 Å². The van der Waals surface area contributed by atoms with E-state index < -0.39 is 0 Å². The molecule has 0 bridgehead atoms. The van der Waals surface area contributed by atoms with Crippen molar-refractivity contribution in [3.8, 4) is 0 Å². The van der Waals surface area contributed by atoms with Gasteiger partial charge in [-0.25, -0.2) is 0 Å². The summed E-state index contributed by atoms with van der Waals surface area (Å²) >= 11 is 0. The monoisotopic (exact) mass is 266 g/mol. The van der Waals surface area contributed by atoms with Gasteiger partial charge in [0.25, 0.3) is 0 Å². The highest BCUT2D eigenvalue weighted by molar-refractivity contribution is 5.07. The van der Waals surface area contributed by atoms with E-state index in [0.29, 0.717) is 12.0 Å². The van der Waals surface area contributed by atoms with Crippen molar-refractivity contribution in [1.82, 2.24) is 10.2 Å². The Hall–Kier alpha value is -0.800. The Morgan fingerprint density at radius 2 is 1.84 bits per heavy atom. The number of nitrogens with one attached hydrogen (secondary N) is 1. The minimum atomic E-state index is 0.550. The maximum atomic E-state index is 5.89. The third kappa shape index (κ3) is 6.26. The van der Waals surface area contributed by atoms with Gasteiger partial charge in [0.1, 0.15) is 11.5 Å². The SMILES string of the molecule is CCCNCc1ccc(CN(CC(C)C)C(C)C)o1. The minimum absolute atomic E-state index is 0.550. The van der Waals surface area contributed by atoms with Crippen molar-refractivity contribution in [3.05, 3.63) is 23.7 Å². The second-order valence-corrected chi connectivity index (χ2v) is 5.96. The molecule has 1 heterocycles. The molecule has 0 saturated heterocycles. The summed E-state index contributed by atoms with van der Waals surface area (Å²) in [6.45, 7) is 15.1. The average molecular weight is 266 g/mol. The molecule has 0 atom stereocenters. The van der Waals surface area contributed by atoms with Crippen LogP contribution in [-0.2, 0) is 13.1 Å². The molecule has 0 saturated carbocycles. The Bertz CT molecular complexity index is 344. The molecule has 3 heteroatoms. The Morgan fingerprint density at radius 1 is 1.16 bits per heavy atom. The van der Waals surface area contributed by atoms with E-state index in [0.717, 1.165) is 44.1 Å². The average Bonchev–Trinajstić information content (AvgIpc) is 2.76. The van der Waals surface area contributed by atoms with Gasteiger partial charge in [-0.3, -0.25) is 4.90 Å². The Morgan fingerprint density at radius 3 is 2.42 bits per heavy atom. The lowest BCUT2D eigenvalue weighted by atomic mass is 10.1. The number of rotatable bonds is 9. The van der Waals surface area contributed by atoms with E-state index in [2.05, 4.69) is 57.0 Å². The summed E-state index contributed by atoms with van der Waals surface area (Å²) in [5, 5.41) is 3.37. The third-order valence-corrected chi connectivity index (χ3v) is 3.13. The van der Waals surface area contributed by atoms with Gasteiger partial charge < -0.3 is 9.73 Å². The van der Waals surface area contributed by atoms with E-state index in [-0.39, 0.29) is 0 Å². The first-order valence-electron chi connectivity index (χ1n) is 7.55. The number of furan rings is 1. The van der Waals surface area contributed by atoms with Crippen LogP contribution in [0.1, 0.15) is 52.6 Å². The van der Waals surface area contributed by atoms with Crippen LogP contribution in [0.3, 0.4) is 0 Å². The third-order valence-electron chi connectivity index (χ3n) is 3.13. The van der Waals surface area contributed by atoms with Crippen LogP contribution in [0.15, 0.2) is 16.5 Å². The van der Waals surface area contributed by atoms with E-state index in [1.165, 1.54) is 0 Å². The smallest absolute Gasteiger partial charge is 0.118 e. The van der Waals surface area contributed by atoms with Crippen LogP contribution in [0.4, 0.5) is 0 Å². The fourth-order valence-electron chi connectivity index (χ4n) is 2.12. The quantitative estimate of drug-likeness (QED) is 0.692. The van der Waals surface area contributed by atoms with Crippen LogP contribution in [0.5, 0.6) is 0 Å². The summed E-state index contributed by atoms with van der Waals surface area (Å²) in [6.07, 6.45) is 1.16. The molecule has 1 N–H and O–H groups in total. The van der Waals surface area contributed by atoms with Gasteiger partial charge in [0.2, 0.25) is 0 Å². The topological polar surface area (TPSA) is 28.4 Å². The van der Waals surface area contributed by atoms with Gasteiger partial charge in [-0.1, -0.05) is 20.8 Å². The Balaban J connectivity index is 2.50. The standard InChI is InChI=1S/C16H30N2O/c1-6-9-17-10-15-7-8-16(19-15)12-18(14(4)5)11-13(2)3/h7-8,13-14,17H,6,9-12H2,1-5H3. The first kappa shape index (κ1) is 16.3. The molecule has 1 aromatic rings. The van der Waals surface area contributed by atoms with Crippen LogP contribution in [-0.4, -0.2) is 24.0 Å². The number of hydrogen-bond donors (Lipinski definition) is 1. The summed E-state index contributed by atoms with van der Waals surface area (Å²) in [5.74, 6) is 2.79. The van der Waals surface area contributed by atoms with Gasteiger partial charge in [-0.2, -0.15) is 0 Å². The highest BCUT2D eigenvalue weighted by atomic mass is 16.3. The molecule has 0 amide bonds. The van der Waals surface area contributed by atoms with Crippen molar-refractivity contribution in [2.75, 3.05) is 13.1 Å². The molecule has 1 rings (SSSR count). The molecule has 110 valence electrons. The van der Waals surface area contributed by atoms with E-state index in [9.17, 15) is 0 Å². The molecule has 0 aliphatic carbocycles. The van der Waals surface area contributed by atoms with Crippen LogP contribution in [0.2, 0.25) is 0 Å². The van der Waals surface area contributed by atoms with Crippen LogP contribution in [0.25, 0.3) is 0 Å². The van der Waals surface area contributed by atoms with Crippen molar-refractivity contribution in [3.63, 3.8) is 0 Å². The van der Waals surface area contributed by atoms with Gasteiger partial charge in [0.05, 0.1) is 13.1 Å². The molecule has 0 aliphatic heterocycles. The van der Waals surface area contributed by atoms with Gasteiger partial charge in [0.15, 0.2) is 0 Å². The molecule has 0 aliphatic rings. The number of hydrogen-bond acceptors (Lipinski definition) is 3. The fraction of sp³-hybridized carbons (Fsp3) is 0.750. The van der Waals surface area contributed by atoms with E-state index in [4.69, 9.17) is 4.42 Å². The van der Waals surface area contributed by atoms with Crippen molar-refractivity contribution < 1.29 is 4.42 Å². The molecule has 19 heavy (non-hydrogen) atoms. The number of nitrogens with zero attached hydrogens (tertiary/aromatic N) is 1. The maximum absolute atomic E-state index is 5.89. The first-order valence-corrected chi connectivity index (χ1v) is 7.55.